The summed E-state index contributed by atoms with van der Waals surface area (Å²) in [4.78, 5) is 39.0. The summed E-state index contributed by atoms with van der Waals surface area (Å²) in [7, 11) is 0. The summed E-state index contributed by atoms with van der Waals surface area (Å²) in [5, 5.41) is 19.9. The van der Waals surface area contributed by atoms with Crippen LogP contribution in [0.3, 0.4) is 0 Å². The number of nitrogens with zero attached hydrogens (tertiary/aromatic N) is 1. The van der Waals surface area contributed by atoms with Crippen molar-refractivity contribution in [2.24, 2.45) is 23.7 Å². The van der Waals surface area contributed by atoms with E-state index in [0.717, 1.165) is 41.7 Å². The van der Waals surface area contributed by atoms with Gasteiger partial charge >= 0.3 is 12.1 Å². The molecule has 0 spiro atoms. The maximum absolute atomic E-state index is 13.2. The molecule has 7 nitrogen and oxygen atoms in total. The third-order valence-electron chi connectivity index (χ3n) is 6.52. The lowest BCUT2D eigenvalue weighted by Gasteiger charge is -2.39. The maximum atomic E-state index is 13.2. The van der Waals surface area contributed by atoms with Crippen molar-refractivity contribution in [2.75, 3.05) is 6.61 Å². The predicted octanol–water partition coefficient (Wildman–Crippen LogP) is 2.59. The minimum Gasteiger partial charge on any atom is -0.481 e. The van der Waals surface area contributed by atoms with Crippen molar-refractivity contribution >= 4 is 18.0 Å². The topological polar surface area (TPSA) is 104 Å². The van der Waals surface area contributed by atoms with Crippen LogP contribution in [-0.4, -0.2) is 45.7 Å². The molecule has 2 fully saturated rings. The average Bonchev–Trinajstić information content (AvgIpc) is 3.02. The molecule has 2 aliphatic carbocycles. The first-order valence-electron chi connectivity index (χ1n) is 10.1. The van der Waals surface area contributed by atoms with E-state index in [1.165, 1.54) is 0 Å². The van der Waals surface area contributed by atoms with Crippen molar-refractivity contribution < 1.29 is 29.3 Å². The van der Waals surface area contributed by atoms with Gasteiger partial charge in [-0.15, -0.1) is 0 Å². The number of carbonyl (C=O) groups excluding carboxylic acids is 2. The first-order valence-corrected chi connectivity index (χ1v) is 10.1. The highest BCUT2D eigenvalue weighted by Crippen LogP contribution is 2.50. The molecule has 3 aliphatic rings. The van der Waals surface area contributed by atoms with E-state index in [9.17, 15) is 24.6 Å². The van der Waals surface area contributed by atoms with Gasteiger partial charge in [-0.25, -0.2) is 9.69 Å². The molecular weight excluding hydrogens is 374 g/mol. The fourth-order valence-electron chi connectivity index (χ4n) is 5.23. The van der Waals surface area contributed by atoms with Crippen LogP contribution in [0.4, 0.5) is 4.79 Å². The van der Waals surface area contributed by atoms with Crippen LogP contribution in [-0.2, 0) is 20.9 Å². The van der Waals surface area contributed by atoms with Crippen LogP contribution >= 0.6 is 0 Å². The van der Waals surface area contributed by atoms with Crippen molar-refractivity contribution in [1.29, 1.82) is 0 Å². The predicted molar refractivity (Wildman–Crippen MR) is 102 cm³/mol. The van der Waals surface area contributed by atoms with Crippen LogP contribution in [0.5, 0.6) is 0 Å². The lowest BCUT2D eigenvalue weighted by Crippen LogP contribution is -2.43. The summed E-state index contributed by atoms with van der Waals surface area (Å²) in [6.07, 6.45) is 4.59. The largest absolute Gasteiger partial charge is 0.481 e. The van der Waals surface area contributed by atoms with E-state index < -0.39 is 48.4 Å². The summed E-state index contributed by atoms with van der Waals surface area (Å²) >= 11 is 0. The molecule has 0 bridgehead atoms. The molecule has 1 aliphatic heterocycles. The zero-order valence-electron chi connectivity index (χ0n) is 16.1. The highest BCUT2D eigenvalue weighted by atomic mass is 16.6. The standard InChI is InChI=1S/C22H25NO6/c24-11-17-16-10-14-8-4-5-9-15(14)19(21(26)27)18(16)20(25)23(17)22(28)29-12-13-6-2-1-3-7-13/h1-3,6-7,10,15-19,24H,4-5,8-9,11-12H2,(H,26,27)/t15-,16+,17-,18-,19+/m1/s1. The van der Waals surface area contributed by atoms with E-state index in [1.54, 1.807) is 12.1 Å². The third kappa shape index (κ3) is 3.44. The number of hydrogen-bond donors (Lipinski definition) is 2. The molecule has 2 amide bonds. The van der Waals surface area contributed by atoms with Crippen LogP contribution in [0.1, 0.15) is 31.2 Å². The van der Waals surface area contributed by atoms with Gasteiger partial charge in [0.05, 0.1) is 24.5 Å². The molecule has 2 N–H and O–H groups in total. The summed E-state index contributed by atoms with van der Waals surface area (Å²) in [5.74, 6) is -3.95. The third-order valence-corrected chi connectivity index (χ3v) is 6.52. The molecule has 29 heavy (non-hydrogen) atoms. The molecule has 0 radical (unpaired) electrons. The molecule has 5 atom stereocenters. The number of aliphatic carboxylic acids is 1. The molecule has 1 aromatic carbocycles. The molecule has 0 unspecified atom stereocenters. The Bertz CT molecular complexity index is 835. The Balaban J connectivity index is 1.60. The second-order valence-electron chi connectivity index (χ2n) is 8.06. The van der Waals surface area contributed by atoms with E-state index in [1.807, 2.05) is 24.3 Å². The Labute approximate surface area is 169 Å². The number of carbonyl (C=O) groups is 3. The van der Waals surface area contributed by atoms with Crippen LogP contribution in [0, 0.1) is 23.7 Å². The number of likely N-dealkylation sites (tertiary alicyclic amines) is 1. The van der Waals surface area contributed by atoms with Crippen LogP contribution in [0.2, 0.25) is 0 Å². The van der Waals surface area contributed by atoms with Gasteiger partial charge < -0.3 is 14.9 Å². The number of imide groups is 1. The Morgan fingerprint density at radius 1 is 1.17 bits per heavy atom. The Kier molecular flexibility index (Phi) is 5.41. The first-order chi connectivity index (χ1) is 14.0. The molecule has 4 rings (SSSR count). The number of carboxylic acids is 1. The quantitative estimate of drug-likeness (QED) is 0.754. The maximum Gasteiger partial charge on any atom is 0.417 e. The van der Waals surface area contributed by atoms with E-state index in [2.05, 4.69) is 0 Å². The van der Waals surface area contributed by atoms with Crippen LogP contribution in [0.15, 0.2) is 42.0 Å². The molecular formula is C22H25NO6. The summed E-state index contributed by atoms with van der Waals surface area (Å²) < 4.78 is 5.32. The molecule has 0 aromatic heterocycles. The second kappa shape index (κ2) is 7.99. The van der Waals surface area contributed by atoms with Crippen LogP contribution in [0.25, 0.3) is 0 Å². The number of aliphatic hydroxyl groups excluding tert-OH is 1. The number of hydrogen-bond acceptors (Lipinski definition) is 5. The number of carboxylic acid groups (broad SMARTS) is 1. The Morgan fingerprint density at radius 2 is 1.93 bits per heavy atom. The van der Waals surface area contributed by atoms with Crippen molar-refractivity contribution in [1.82, 2.24) is 4.90 Å². The van der Waals surface area contributed by atoms with Gasteiger partial charge in [-0.2, -0.15) is 0 Å². The van der Waals surface area contributed by atoms with Crippen LogP contribution < -0.4 is 0 Å². The van der Waals surface area contributed by atoms with E-state index in [-0.39, 0.29) is 12.5 Å². The van der Waals surface area contributed by atoms with Crippen molar-refractivity contribution in [3.05, 3.63) is 47.5 Å². The number of fused-ring (bicyclic) bond motifs is 2. The summed E-state index contributed by atoms with van der Waals surface area (Å²) in [6.45, 7) is -0.420. The van der Waals surface area contributed by atoms with E-state index in [0.29, 0.717) is 0 Å². The molecule has 1 aromatic rings. The highest BCUT2D eigenvalue weighted by Gasteiger charge is 2.58. The summed E-state index contributed by atoms with van der Waals surface area (Å²) in [5.41, 5.74) is 1.83. The number of benzene rings is 1. The minimum atomic E-state index is -1.01. The van der Waals surface area contributed by atoms with Gasteiger partial charge in [0.2, 0.25) is 5.91 Å². The van der Waals surface area contributed by atoms with Gasteiger partial charge in [0.1, 0.15) is 6.61 Å². The number of amides is 2. The van der Waals surface area contributed by atoms with Crippen molar-refractivity contribution in [2.45, 2.75) is 38.3 Å². The highest BCUT2D eigenvalue weighted by molar-refractivity contribution is 5.98. The Hall–Kier alpha value is -2.67. The van der Waals surface area contributed by atoms with E-state index >= 15 is 0 Å². The molecule has 1 saturated carbocycles. The van der Waals surface area contributed by atoms with Gasteiger partial charge in [-0.05, 0) is 30.7 Å². The number of ether oxygens (including phenoxy) is 1. The minimum absolute atomic E-state index is 0.00298. The molecule has 1 heterocycles. The fraction of sp³-hybridized carbons (Fsp3) is 0.500. The second-order valence-corrected chi connectivity index (χ2v) is 8.06. The molecule has 1 saturated heterocycles. The van der Waals surface area contributed by atoms with Crippen molar-refractivity contribution in [3.8, 4) is 0 Å². The first kappa shape index (κ1) is 19.6. The van der Waals surface area contributed by atoms with Gasteiger partial charge in [0.15, 0.2) is 0 Å². The lowest BCUT2D eigenvalue weighted by atomic mass is 9.63. The average molecular weight is 399 g/mol. The summed E-state index contributed by atoms with van der Waals surface area (Å²) in [6, 6.07) is 8.30. The Morgan fingerprint density at radius 3 is 2.62 bits per heavy atom. The molecule has 7 heteroatoms. The number of aliphatic hydroxyl groups is 1. The zero-order valence-corrected chi connectivity index (χ0v) is 16.1. The number of rotatable bonds is 4. The van der Waals surface area contributed by atoms with Gasteiger partial charge in [-0.3, -0.25) is 9.59 Å². The fourth-order valence-corrected chi connectivity index (χ4v) is 5.23. The lowest BCUT2D eigenvalue weighted by molar-refractivity contribution is -0.150. The monoisotopic (exact) mass is 399 g/mol. The van der Waals surface area contributed by atoms with Gasteiger partial charge in [0, 0.05) is 5.92 Å². The van der Waals surface area contributed by atoms with E-state index in [4.69, 9.17) is 4.74 Å². The zero-order chi connectivity index (χ0) is 20.5. The smallest absolute Gasteiger partial charge is 0.417 e. The normalized spacial score (nSPS) is 30.9. The number of allylic oxidation sites excluding steroid dienone is 1. The van der Waals surface area contributed by atoms with Gasteiger partial charge in [-0.1, -0.05) is 48.4 Å². The molecule has 154 valence electrons. The van der Waals surface area contributed by atoms with Gasteiger partial charge in [0.25, 0.3) is 0 Å². The SMILES string of the molecule is O=C(O)[C@@H]1[C@@H]2C(=O)N(C(=O)OCc3ccccc3)[C@H](CO)[C@@H]2C=C2CCCC[C@H]21. The van der Waals surface area contributed by atoms with Crippen molar-refractivity contribution in [3.63, 3.8) is 0 Å².